The summed E-state index contributed by atoms with van der Waals surface area (Å²) < 4.78 is 28.8. The van der Waals surface area contributed by atoms with Gasteiger partial charge in [0.25, 0.3) is 0 Å². The maximum Gasteiger partial charge on any atom is 0.245 e. The van der Waals surface area contributed by atoms with E-state index < -0.39 is 34.5 Å². The van der Waals surface area contributed by atoms with E-state index in [1.54, 1.807) is 21.9 Å². The summed E-state index contributed by atoms with van der Waals surface area (Å²) in [5.74, 6) is -3.29. The summed E-state index contributed by atoms with van der Waals surface area (Å²) in [6, 6.07) is 8.83. The molecule has 0 saturated carbocycles. The van der Waals surface area contributed by atoms with Crippen LogP contribution >= 0.6 is 23.2 Å². The molecule has 3 unspecified atom stereocenters. The lowest BCUT2D eigenvalue weighted by Gasteiger charge is -2.38. The van der Waals surface area contributed by atoms with Crippen LogP contribution in [0.4, 0.5) is 8.78 Å². The Labute approximate surface area is 249 Å². The number of nitrogens with one attached hydrogen (secondary N) is 1. The van der Waals surface area contributed by atoms with Crippen molar-refractivity contribution >= 4 is 40.9 Å². The van der Waals surface area contributed by atoms with Crippen molar-refractivity contribution in [3.05, 3.63) is 69.2 Å². The van der Waals surface area contributed by atoms with Gasteiger partial charge in [0, 0.05) is 69.1 Å². The van der Waals surface area contributed by atoms with Gasteiger partial charge in [-0.25, -0.2) is 8.78 Å². The number of likely N-dealkylation sites (tertiary alicyclic amines) is 1. The number of nitrogens with zero attached hydrogens (tertiary/aromatic N) is 3. The molecule has 0 radical (unpaired) electrons. The highest BCUT2D eigenvalue weighted by atomic mass is 35.5. The van der Waals surface area contributed by atoms with Crippen LogP contribution in [0.1, 0.15) is 44.7 Å². The molecule has 11 heteroatoms. The first-order chi connectivity index (χ1) is 19.3. The first-order valence-electron chi connectivity index (χ1n) is 13.7. The number of carbonyl (C=O) groups is 3. The Balaban J connectivity index is 1.47. The number of benzene rings is 2. The molecule has 4 rings (SSSR count). The monoisotopic (exact) mass is 608 g/mol. The predicted molar refractivity (Wildman–Crippen MR) is 155 cm³/mol. The van der Waals surface area contributed by atoms with Gasteiger partial charge in [-0.2, -0.15) is 0 Å². The van der Waals surface area contributed by atoms with Crippen LogP contribution < -0.4 is 5.32 Å². The van der Waals surface area contributed by atoms with Crippen LogP contribution in [-0.2, 0) is 20.8 Å². The summed E-state index contributed by atoms with van der Waals surface area (Å²) in [7, 11) is 0. The molecule has 0 spiro atoms. The summed E-state index contributed by atoms with van der Waals surface area (Å²) in [5, 5.41) is 2.70. The van der Waals surface area contributed by atoms with E-state index in [0.717, 1.165) is 5.56 Å². The summed E-state index contributed by atoms with van der Waals surface area (Å²) in [6.45, 7) is 9.62. The van der Waals surface area contributed by atoms with Gasteiger partial charge in [-0.3, -0.25) is 19.3 Å². The van der Waals surface area contributed by atoms with Gasteiger partial charge in [-0.05, 0) is 50.1 Å². The molecule has 0 aliphatic carbocycles. The molecule has 2 aromatic carbocycles. The number of hydrogen-bond acceptors (Lipinski definition) is 4. The van der Waals surface area contributed by atoms with Crippen molar-refractivity contribution < 1.29 is 23.2 Å². The van der Waals surface area contributed by atoms with Crippen LogP contribution in [0.15, 0.2) is 36.4 Å². The van der Waals surface area contributed by atoms with Crippen molar-refractivity contribution in [1.82, 2.24) is 20.0 Å². The molecule has 2 heterocycles. The summed E-state index contributed by atoms with van der Waals surface area (Å²) >= 11 is 12.0. The fraction of sp³-hybridized carbons (Fsp3) is 0.500. The molecule has 0 bridgehead atoms. The molecule has 7 nitrogen and oxygen atoms in total. The Morgan fingerprint density at radius 1 is 0.976 bits per heavy atom. The minimum absolute atomic E-state index is 0.112. The molecular formula is C30H36Cl2F2N4O3. The van der Waals surface area contributed by atoms with Crippen molar-refractivity contribution in [2.75, 3.05) is 39.3 Å². The highest BCUT2D eigenvalue weighted by Crippen LogP contribution is 2.39. The number of rotatable bonds is 6. The molecule has 2 aliphatic heterocycles. The number of hydrogen-bond donors (Lipinski definition) is 1. The molecule has 1 N–H and O–H groups in total. The highest BCUT2D eigenvalue weighted by Gasteiger charge is 2.44. The zero-order valence-corrected chi connectivity index (χ0v) is 25.2. The van der Waals surface area contributed by atoms with Gasteiger partial charge in [-0.15, -0.1) is 0 Å². The summed E-state index contributed by atoms with van der Waals surface area (Å²) in [5.41, 5.74) is 0.907. The molecule has 0 aromatic heterocycles. The average molecular weight is 610 g/mol. The molecule has 2 aliphatic rings. The van der Waals surface area contributed by atoms with E-state index in [1.165, 1.54) is 19.1 Å². The van der Waals surface area contributed by atoms with Gasteiger partial charge < -0.3 is 15.1 Å². The summed E-state index contributed by atoms with van der Waals surface area (Å²) in [4.78, 5) is 44.7. The van der Waals surface area contributed by atoms with Gasteiger partial charge in [0.15, 0.2) is 0 Å². The van der Waals surface area contributed by atoms with Crippen LogP contribution in [0, 0.1) is 17.6 Å². The first-order valence-corrected chi connectivity index (χ1v) is 14.5. The van der Waals surface area contributed by atoms with E-state index in [1.807, 2.05) is 32.9 Å². The van der Waals surface area contributed by atoms with E-state index in [2.05, 4.69) is 10.2 Å². The quantitative estimate of drug-likeness (QED) is 0.490. The van der Waals surface area contributed by atoms with Crippen LogP contribution in [0.3, 0.4) is 0 Å². The molecular weight excluding hydrogens is 573 g/mol. The Kier molecular flexibility index (Phi) is 9.61. The van der Waals surface area contributed by atoms with E-state index in [-0.39, 0.29) is 29.7 Å². The third-order valence-corrected chi connectivity index (χ3v) is 8.71. The van der Waals surface area contributed by atoms with Gasteiger partial charge in [-0.1, -0.05) is 41.4 Å². The second kappa shape index (κ2) is 12.6. The standard InChI is InChI=1S/C30H36Cl2F2N4O3/c1-18(39)35-26(15-19-7-5-6-8-23(19)31)29(41)37-11-9-36(10-12-37)28(40)22-17-38(30(2,3)4)16-21(22)20-13-24(33)27(32)25(34)14-20/h5-8,13-14,21-22,26H,9-12,15-17H2,1-4H3,(H,35,39). The largest absolute Gasteiger partial charge is 0.344 e. The van der Waals surface area contributed by atoms with Crippen molar-refractivity contribution in [3.8, 4) is 0 Å². The van der Waals surface area contributed by atoms with Crippen LogP contribution in [0.25, 0.3) is 0 Å². The minimum Gasteiger partial charge on any atom is -0.344 e. The van der Waals surface area contributed by atoms with Crippen molar-refractivity contribution in [1.29, 1.82) is 0 Å². The molecule has 3 amide bonds. The normalized spacial score (nSPS) is 20.7. The molecule has 2 saturated heterocycles. The number of carbonyl (C=O) groups excluding carboxylic acids is 3. The van der Waals surface area contributed by atoms with Gasteiger partial charge >= 0.3 is 0 Å². The van der Waals surface area contributed by atoms with E-state index in [4.69, 9.17) is 23.2 Å². The zero-order chi connectivity index (χ0) is 30.1. The lowest BCUT2D eigenvalue weighted by Crippen LogP contribution is -2.57. The average Bonchev–Trinajstić information content (AvgIpc) is 3.38. The van der Waals surface area contributed by atoms with E-state index in [9.17, 15) is 23.2 Å². The lowest BCUT2D eigenvalue weighted by molar-refractivity contribution is -0.143. The number of halogens is 4. The fourth-order valence-corrected chi connectivity index (χ4v) is 5.98. The SMILES string of the molecule is CC(=O)NC(Cc1ccccc1Cl)C(=O)N1CCN(C(=O)C2CN(C(C)(C)C)CC2c2cc(F)c(Cl)c(F)c2)CC1. The lowest BCUT2D eigenvalue weighted by atomic mass is 9.87. The van der Waals surface area contributed by atoms with Gasteiger partial charge in [0.1, 0.15) is 22.7 Å². The first kappa shape index (κ1) is 31.2. The molecule has 2 fully saturated rings. The van der Waals surface area contributed by atoms with Crippen LogP contribution in [0.5, 0.6) is 0 Å². The molecule has 41 heavy (non-hydrogen) atoms. The third kappa shape index (κ3) is 7.19. The highest BCUT2D eigenvalue weighted by molar-refractivity contribution is 6.31. The number of amides is 3. The van der Waals surface area contributed by atoms with Crippen LogP contribution in [0.2, 0.25) is 10.0 Å². The third-order valence-electron chi connectivity index (χ3n) is 7.98. The maximum atomic E-state index is 14.4. The van der Waals surface area contributed by atoms with Crippen LogP contribution in [-0.4, -0.2) is 83.3 Å². The molecule has 2 aromatic rings. The van der Waals surface area contributed by atoms with Crippen molar-refractivity contribution in [3.63, 3.8) is 0 Å². The zero-order valence-electron chi connectivity index (χ0n) is 23.7. The Bertz CT molecular complexity index is 1290. The predicted octanol–water partition coefficient (Wildman–Crippen LogP) is 4.50. The fourth-order valence-electron chi connectivity index (χ4n) is 5.66. The second-order valence-electron chi connectivity index (χ2n) is 11.8. The minimum atomic E-state index is -0.847. The topological polar surface area (TPSA) is 73.0 Å². The van der Waals surface area contributed by atoms with Gasteiger partial charge in [0.05, 0.1) is 5.92 Å². The molecule has 222 valence electrons. The van der Waals surface area contributed by atoms with E-state index in [0.29, 0.717) is 49.9 Å². The Hall–Kier alpha value is -2.75. The Morgan fingerprint density at radius 2 is 1.56 bits per heavy atom. The smallest absolute Gasteiger partial charge is 0.245 e. The Morgan fingerprint density at radius 3 is 2.12 bits per heavy atom. The van der Waals surface area contributed by atoms with Crippen molar-refractivity contribution in [2.45, 2.75) is 51.6 Å². The summed E-state index contributed by atoms with van der Waals surface area (Å²) in [6.07, 6.45) is 0.248. The van der Waals surface area contributed by atoms with Crippen molar-refractivity contribution in [2.24, 2.45) is 5.92 Å². The molecule has 3 atom stereocenters. The second-order valence-corrected chi connectivity index (χ2v) is 12.6. The maximum absolute atomic E-state index is 14.4. The van der Waals surface area contributed by atoms with Gasteiger partial charge in [0.2, 0.25) is 17.7 Å². The number of piperazine rings is 1. The van der Waals surface area contributed by atoms with E-state index >= 15 is 0 Å².